The molecule has 0 spiro atoms. The van der Waals surface area contributed by atoms with E-state index in [4.69, 9.17) is 11.6 Å². The predicted octanol–water partition coefficient (Wildman–Crippen LogP) is 6.04. The molecule has 0 atom stereocenters. The Balaban J connectivity index is 2.12. The summed E-state index contributed by atoms with van der Waals surface area (Å²) in [5.41, 5.74) is 2.21. The molecule has 2 aliphatic heterocycles. The van der Waals surface area contributed by atoms with Crippen LogP contribution >= 0.6 is 59.4 Å². The third-order valence-electron chi connectivity index (χ3n) is 4.07. The Morgan fingerprint density at radius 3 is 2.50 bits per heavy atom. The summed E-state index contributed by atoms with van der Waals surface area (Å²) in [5.74, 6) is 0. The van der Waals surface area contributed by atoms with Crippen LogP contribution in [0.2, 0.25) is 5.02 Å². The van der Waals surface area contributed by atoms with Crippen LogP contribution < -0.4 is 0 Å². The molecule has 122 valence electrons. The molecule has 0 bridgehead atoms. The second kappa shape index (κ2) is 5.66. The smallest absolute Gasteiger partial charge is 0.389 e. The molecule has 0 saturated carbocycles. The van der Waals surface area contributed by atoms with Gasteiger partial charge in [-0.2, -0.15) is 0 Å². The molecule has 24 heavy (non-hydrogen) atoms. The fourth-order valence-electron chi connectivity index (χ4n) is 3.10. The van der Waals surface area contributed by atoms with Crippen LogP contribution in [0.1, 0.15) is 11.3 Å². The SMILES string of the molecule is F[B-]1(F)n2c(Br)ccc2C(c2ccc(Br)cc2Cl)=C2C=CC(Br)=[N+]21. The maximum absolute atomic E-state index is 15.1. The molecule has 2 nitrogen and oxygen atoms in total. The van der Waals surface area contributed by atoms with Crippen molar-refractivity contribution in [1.82, 2.24) is 4.48 Å². The lowest BCUT2D eigenvalue weighted by Gasteiger charge is -2.32. The number of allylic oxidation sites excluding steroid dienone is 2. The minimum absolute atomic E-state index is 0.319. The summed E-state index contributed by atoms with van der Waals surface area (Å²) in [4.78, 5) is 0. The van der Waals surface area contributed by atoms with Crippen LogP contribution in [0.15, 0.2) is 57.3 Å². The van der Waals surface area contributed by atoms with Crippen LogP contribution in [-0.4, -0.2) is 20.6 Å². The van der Waals surface area contributed by atoms with E-state index in [1.165, 1.54) is 0 Å². The van der Waals surface area contributed by atoms with E-state index in [0.717, 1.165) is 13.4 Å². The summed E-state index contributed by atoms with van der Waals surface area (Å²) >= 11 is 16.3. The summed E-state index contributed by atoms with van der Waals surface area (Å²) < 4.78 is 33.7. The zero-order valence-corrected chi connectivity index (χ0v) is 17.3. The highest BCUT2D eigenvalue weighted by Crippen LogP contribution is 2.43. The van der Waals surface area contributed by atoms with E-state index in [9.17, 15) is 0 Å². The summed E-state index contributed by atoms with van der Waals surface area (Å²) in [5, 5.41) is 0.491. The summed E-state index contributed by atoms with van der Waals surface area (Å²) in [6.45, 7) is -4.02. The highest BCUT2D eigenvalue weighted by atomic mass is 79.9. The van der Waals surface area contributed by atoms with Crippen LogP contribution in [-0.2, 0) is 0 Å². The van der Waals surface area contributed by atoms with Crippen molar-refractivity contribution in [3.63, 3.8) is 0 Å². The Morgan fingerprint density at radius 1 is 1.04 bits per heavy atom. The first kappa shape index (κ1) is 16.8. The van der Waals surface area contributed by atoms with Gasteiger partial charge in [0.05, 0.1) is 10.2 Å². The standard InChI is InChI=1S/C15H7BBr3ClF2N2/c17-8-1-2-9(10(20)7-8)15-11-3-5-13(18)23(11)16(21,22)24-12(15)4-6-14(24)19/h1-7H. The number of nitrogens with zero attached hydrogens (tertiary/aromatic N) is 2. The quantitative estimate of drug-likeness (QED) is 0.391. The molecule has 9 heteroatoms. The first-order chi connectivity index (χ1) is 11.3. The zero-order chi connectivity index (χ0) is 17.2. The second-order valence-electron chi connectivity index (χ2n) is 5.41. The van der Waals surface area contributed by atoms with E-state index in [1.807, 2.05) is 12.1 Å². The molecule has 0 radical (unpaired) electrons. The highest BCUT2D eigenvalue weighted by molar-refractivity contribution is 9.18. The van der Waals surface area contributed by atoms with Gasteiger partial charge in [0.2, 0.25) is 4.62 Å². The van der Waals surface area contributed by atoms with Gasteiger partial charge in [0.25, 0.3) is 0 Å². The van der Waals surface area contributed by atoms with Crippen molar-refractivity contribution in [3.05, 3.63) is 73.5 Å². The Labute approximate surface area is 166 Å². The van der Waals surface area contributed by atoms with Crippen molar-refractivity contribution < 1.29 is 13.1 Å². The molecule has 2 aromatic rings. The third kappa shape index (κ3) is 2.26. The van der Waals surface area contributed by atoms with Crippen LogP contribution in [0.25, 0.3) is 5.57 Å². The first-order valence-corrected chi connectivity index (χ1v) is 9.67. The molecule has 4 rings (SSSR count). The van der Waals surface area contributed by atoms with Gasteiger partial charge < -0.3 is 17.6 Å². The van der Waals surface area contributed by atoms with Gasteiger partial charge >= 0.3 is 6.97 Å². The molecule has 1 aromatic heterocycles. The van der Waals surface area contributed by atoms with Crippen molar-refractivity contribution in [2.45, 2.75) is 0 Å². The second-order valence-corrected chi connectivity index (χ2v) is 8.36. The first-order valence-electron chi connectivity index (χ1n) is 6.91. The maximum atomic E-state index is 15.1. The molecule has 0 N–H and O–H groups in total. The number of hydrogen-bond donors (Lipinski definition) is 0. The molecule has 0 unspecified atom stereocenters. The van der Waals surface area contributed by atoms with Gasteiger partial charge in [-0.15, -0.1) is 0 Å². The van der Waals surface area contributed by atoms with Gasteiger partial charge in [0.15, 0.2) is 5.70 Å². The van der Waals surface area contributed by atoms with Crippen molar-refractivity contribution in [3.8, 4) is 0 Å². The molecular formula is C15H7BBr3ClF2N2. The lowest BCUT2D eigenvalue weighted by Crippen LogP contribution is -2.50. The minimum Gasteiger partial charge on any atom is -0.389 e. The average Bonchev–Trinajstić information content (AvgIpc) is 3.06. The predicted molar refractivity (Wildman–Crippen MR) is 104 cm³/mol. The number of benzene rings is 1. The number of rotatable bonds is 1. The highest BCUT2D eigenvalue weighted by Gasteiger charge is 2.54. The molecule has 1 aromatic carbocycles. The number of fused-ring (bicyclic) bond motifs is 2. The van der Waals surface area contributed by atoms with Crippen LogP contribution in [0.3, 0.4) is 0 Å². The Bertz CT molecular complexity index is 995. The summed E-state index contributed by atoms with van der Waals surface area (Å²) in [6, 6.07) is 8.73. The fraction of sp³-hybridized carbons (Fsp3) is 0. The zero-order valence-electron chi connectivity index (χ0n) is 11.8. The normalized spacial score (nSPS) is 18.2. The van der Waals surface area contributed by atoms with Crippen LogP contribution in [0.4, 0.5) is 8.63 Å². The van der Waals surface area contributed by atoms with E-state index in [1.54, 1.807) is 30.4 Å². The van der Waals surface area contributed by atoms with Gasteiger partial charge in [-0.3, -0.25) is 0 Å². The topological polar surface area (TPSA) is 7.94 Å². The number of hydrogen-bond acceptors (Lipinski definition) is 0. The van der Waals surface area contributed by atoms with Crippen molar-refractivity contribution >= 4 is 76.6 Å². The summed E-state index contributed by atoms with van der Waals surface area (Å²) in [7, 11) is 0. The molecule has 0 saturated heterocycles. The minimum atomic E-state index is -4.02. The molecular weight excluding hydrogens is 532 g/mol. The Kier molecular flexibility index (Phi) is 3.95. The van der Waals surface area contributed by atoms with E-state index < -0.39 is 6.97 Å². The van der Waals surface area contributed by atoms with Crippen LogP contribution in [0, 0.1) is 0 Å². The van der Waals surface area contributed by atoms with E-state index >= 15 is 8.63 Å². The van der Waals surface area contributed by atoms with Gasteiger partial charge in [-0.1, -0.05) is 33.6 Å². The maximum Gasteiger partial charge on any atom is 0.738 e. The molecule has 0 aliphatic carbocycles. The van der Waals surface area contributed by atoms with E-state index in [2.05, 4.69) is 47.8 Å². The molecule has 3 heterocycles. The molecule has 2 aliphatic rings. The van der Waals surface area contributed by atoms with Crippen molar-refractivity contribution in [2.24, 2.45) is 0 Å². The Hall–Kier alpha value is -0.695. The number of halogens is 6. The van der Waals surface area contributed by atoms with Gasteiger partial charge in [0.1, 0.15) is 0 Å². The molecule has 0 fully saturated rings. The van der Waals surface area contributed by atoms with E-state index in [0.29, 0.717) is 36.8 Å². The summed E-state index contributed by atoms with van der Waals surface area (Å²) in [6.07, 6.45) is 3.30. The van der Waals surface area contributed by atoms with Gasteiger partial charge in [0, 0.05) is 48.8 Å². The average molecular weight is 539 g/mol. The lowest BCUT2D eigenvalue weighted by atomic mass is 9.86. The van der Waals surface area contributed by atoms with Crippen molar-refractivity contribution in [2.75, 3.05) is 0 Å². The van der Waals surface area contributed by atoms with Gasteiger partial charge in [-0.05, 0) is 40.2 Å². The largest absolute Gasteiger partial charge is 0.738 e. The number of aromatic nitrogens is 1. The molecule has 0 amide bonds. The van der Waals surface area contributed by atoms with Crippen molar-refractivity contribution in [1.29, 1.82) is 0 Å². The van der Waals surface area contributed by atoms with Gasteiger partial charge in [-0.25, -0.2) is 0 Å². The lowest BCUT2D eigenvalue weighted by molar-refractivity contribution is -0.358. The monoisotopic (exact) mass is 536 g/mol. The van der Waals surface area contributed by atoms with E-state index in [-0.39, 0.29) is 0 Å². The fourth-order valence-corrected chi connectivity index (χ4v) is 5.01. The van der Waals surface area contributed by atoms with Crippen LogP contribution in [0.5, 0.6) is 0 Å². The third-order valence-corrected chi connectivity index (χ3v) is 6.17. The Morgan fingerprint density at radius 2 is 1.79 bits per heavy atom.